The van der Waals surface area contributed by atoms with Crippen LogP contribution in [0.25, 0.3) is 0 Å². The highest BCUT2D eigenvalue weighted by Gasteiger charge is 2.21. The number of halogens is 1. The van der Waals surface area contributed by atoms with E-state index in [1.54, 1.807) is 6.92 Å². The van der Waals surface area contributed by atoms with Crippen molar-refractivity contribution in [2.75, 3.05) is 53.0 Å². The minimum atomic E-state index is -0.180. The van der Waals surface area contributed by atoms with E-state index in [1.807, 2.05) is 10.2 Å². The average Bonchev–Trinajstić information content (AvgIpc) is 2.53. The number of hydrogen-bond donors (Lipinski definition) is 0. The molecule has 0 saturated carbocycles. The number of esters is 2. The molecule has 23 heavy (non-hydrogen) atoms. The normalized spacial score (nSPS) is 18.9. The van der Waals surface area contributed by atoms with Gasteiger partial charge in [-0.1, -0.05) is 6.92 Å². The molecule has 1 fully saturated rings. The lowest BCUT2D eigenvalue weighted by atomic mass is 10.1. The van der Waals surface area contributed by atoms with Crippen molar-refractivity contribution in [2.24, 2.45) is 0 Å². The van der Waals surface area contributed by atoms with Crippen LogP contribution in [-0.4, -0.2) is 79.1 Å². The summed E-state index contributed by atoms with van der Waals surface area (Å²) in [6.45, 7) is 6.25. The topological polar surface area (TPSA) is 68.3 Å². The van der Waals surface area contributed by atoms with Crippen molar-refractivity contribution in [3.8, 4) is 0 Å². The molecule has 8 heteroatoms. The minimum absolute atomic E-state index is 0.0328. The van der Waals surface area contributed by atoms with Crippen molar-refractivity contribution in [1.29, 1.82) is 0 Å². The van der Waals surface area contributed by atoms with Gasteiger partial charge in [-0.25, -0.2) is 3.11 Å². The Kier molecular flexibility index (Phi) is 10.7. The molecule has 0 N–H and O–H groups in total. The van der Waals surface area contributed by atoms with Crippen molar-refractivity contribution in [2.45, 2.75) is 32.3 Å². The number of morpholine rings is 1. The SMILES string of the molecule is CCC(=O)OCCN1CCOC(CCC(=O)OCCN(C)I)C1. The molecule has 1 rings (SSSR count). The molecule has 1 unspecified atom stereocenters. The molecule has 1 aliphatic rings. The summed E-state index contributed by atoms with van der Waals surface area (Å²) in [5, 5.41) is 0. The summed E-state index contributed by atoms with van der Waals surface area (Å²) in [7, 11) is 1.93. The maximum Gasteiger partial charge on any atom is 0.305 e. The summed E-state index contributed by atoms with van der Waals surface area (Å²) < 4.78 is 17.9. The highest BCUT2D eigenvalue weighted by molar-refractivity contribution is 14.1. The van der Waals surface area contributed by atoms with Crippen LogP contribution in [0, 0.1) is 0 Å². The van der Waals surface area contributed by atoms with E-state index >= 15 is 0 Å². The summed E-state index contributed by atoms with van der Waals surface area (Å²) in [6, 6.07) is 0. The third kappa shape index (κ3) is 10.1. The predicted octanol–water partition coefficient (Wildman–Crippen LogP) is 1.25. The summed E-state index contributed by atoms with van der Waals surface area (Å²) in [5.74, 6) is -0.351. The highest BCUT2D eigenvalue weighted by Crippen LogP contribution is 2.11. The average molecular weight is 442 g/mol. The molecule has 7 nitrogen and oxygen atoms in total. The van der Waals surface area contributed by atoms with Crippen molar-refractivity contribution in [3.05, 3.63) is 0 Å². The molecule has 0 spiro atoms. The van der Waals surface area contributed by atoms with Gasteiger partial charge in [-0.3, -0.25) is 14.5 Å². The standard InChI is InChI=1S/C15H27IN2O5/c1-3-14(19)22-11-8-18-7-10-21-13(12-18)4-5-15(20)23-9-6-17(2)16/h13H,3-12H2,1-2H3. The first-order valence-corrected chi connectivity index (χ1v) is 8.99. The number of hydrogen-bond acceptors (Lipinski definition) is 7. The minimum Gasteiger partial charge on any atom is -0.464 e. The van der Waals surface area contributed by atoms with Gasteiger partial charge in [0.1, 0.15) is 13.2 Å². The Labute approximate surface area is 152 Å². The number of nitrogens with zero attached hydrogens (tertiary/aromatic N) is 2. The van der Waals surface area contributed by atoms with Gasteiger partial charge in [0, 0.05) is 61.9 Å². The maximum absolute atomic E-state index is 11.7. The molecular formula is C15H27IN2O5. The van der Waals surface area contributed by atoms with Crippen LogP contribution in [0.2, 0.25) is 0 Å². The van der Waals surface area contributed by atoms with Crippen LogP contribution in [0.3, 0.4) is 0 Å². The van der Waals surface area contributed by atoms with Crippen molar-refractivity contribution in [3.63, 3.8) is 0 Å². The van der Waals surface area contributed by atoms with Gasteiger partial charge in [-0.2, -0.15) is 0 Å². The van der Waals surface area contributed by atoms with Crippen molar-refractivity contribution >= 4 is 34.8 Å². The molecule has 0 aromatic carbocycles. The molecule has 0 aliphatic carbocycles. The Bertz CT molecular complexity index is 368. The van der Waals surface area contributed by atoms with Crippen LogP contribution >= 0.6 is 22.9 Å². The highest BCUT2D eigenvalue weighted by atomic mass is 127. The molecule has 0 bridgehead atoms. The van der Waals surface area contributed by atoms with Crippen LogP contribution in [-0.2, 0) is 23.8 Å². The number of ether oxygens (including phenoxy) is 3. The Balaban J connectivity index is 2.14. The van der Waals surface area contributed by atoms with Crippen LogP contribution in [0.4, 0.5) is 0 Å². The molecule has 0 aromatic heterocycles. The number of carbonyl (C=O) groups excluding carboxylic acids is 2. The third-order valence-electron chi connectivity index (χ3n) is 3.52. The second-order valence-electron chi connectivity index (χ2n) is 5.45. The quantitative estimate of drug-likeness (QED) is 0.287. The van der Waals surface area contributed by atoms with E-state index in [1.165, 1.54) is 0 Å². The first-order chi connectivity index (χ1) is 11.0. The Morgan fingerprint density at radius 1 is 1.30 bits per heavy atom. The molecule has 0 radical (unpaired) electrons. The van der Waals surface area contributed by atoms with E-state index in [0.717, 1.165) is 19.6 Å². The van der Waals surface area contributed by atoms with E-state index in [-0.39, 0.29) is 18.0 Å². The summed E-state index contributed by atoms with van der Waals surface area (Å²) in [6.07, 6.45) is 1.46. The van der Waals surface area contributed by atoms with Gasteiger partial charge in [-0.05, 0) is 13.5 Å². The zero-order chi connectivity index (χ0) is 17.1. The molecule has 0 aromatic rings. The van der Waals surface area contributed by atoms with E-state index in [0.29, 0.717) is 45.6 Å². The first kappa shape index (κ1) is 20.6. The summed E-state index contributed by atoms with van der Waals surface area (Å²) in [4.78, 5) is 25.0. The van der Waals surface area contributed by atoms with Crippen LogP contribution < -0.4 is 0 Å². The molecule has 1 aliphatic heterocycles. The third-order valence-corrected chi connectivity index (χ3v) is 4.00. The van der Waals surface area contributed by atoms with E-state index in [4.69, 9.17) is 14.2 Å². The number of likely N-dealkylation sites (N-methyl/N-ethyl adjacent to an activating group) is 1. The monoisotopic (exact) mass is 442 g/mol. The molecule has 1 saturated heterocycles. The molecule has 0 amide bonds. The zero-order valence-corrected chi connectivity index (χ0v) is 16.1. The van der Waals surface area contributed by atoms with E-state index < -0.39 is 0 Å². The van der Waals surface area contributed by atoms with Gasteiger partial charge in [0.05, 0.1) is 12.7 Å². The van der Waals surface area contributed by atoms with Gasteiger partial charge in [-0.15, -0.1) is 0 Å². The van der Waals surface area contributed by atoms with Crippen LogP contribution in [0.15, 0.2) is 0 Å². The summed E-state index contributed by atoms with van der Waals surface area (Å²) in [5.41, 5.74) is 0. The molecule has 1 atom stereocenters. The fourth-order valence-corrected chi connectivity index (χ4v) is 2.38. The van der Waals surface area contributed by atoms with Gasteiger partial charge in [0.25, 0.3) is 0 Å². The Hall–Kier alpha value is -0.450. The second kappa shape index (κ2) is 12.0. The lowest BCUT2D eigenvalue weighted by Gasteiger charge is -2.32. The first-order valence-electron chi connectivity index (χ1n) is 8.03. The Morgan fingerprint density at radius 2 is 2.04 bits per heavy atom. The smallest absolute Gasteiger partial charge is 0.305 e. The van der Waals surface area contributed by atoms with Crippen molar-refractivity contribution in [1.82, 2.24) is 8.01 Å². The number of carbonyl (C=O) groups is 2. The van der Waals surface area contributed by atoms with E-state index in [9.17, 15) is 9.59 Å². The zero-order valence-electron chi connectivity index (χ0n) is 14.0. The van der Waals surface area contributed by atoms with Gasteiger partial charge >= 0.3 is 11.9 Å². The van der Waals surface area contributed by atoms with Gasteiger partial charge < -0.3 is 14.2 Å². The Morgan fingerprint density at radius 3 is 2.74 bits per heavy atom. The lowest BCUT2D eigenvalue weighted by molar-refractivity contribution is -0.146. The molecule has 1 heterocycles. The maximum atomic E-state index is 11.7. The fraction of sp³-hybridized carbons (Fsp3) is 0.867. The largest absolute Gasteiger partial charge is 0.464 e. The second-order valence-corrected chi connectivity index (χ2v) is 7.10. The predicted molar refractivity (Wildman–Crippen MR) is 94.3 cm³/mol. The van der Waals surface area contributed by atoms with Crippen molar-refractivity contribution < 1.29 is 23.8 Å². The molecule has 134 valence electrons. The fourth-order valence-electron chi connectivity index (χ4n) is 2.19. The lowest BCUT2D eigenvalue weighted by Crippen LogP contribution is -2.44. The summed E-state index contributed by atoms with van der Waals surface area (Å²) >= 11 is 2.15. The van der Waals surface area contributed by atoms with Crippen LogP contribution in [0.1, 0.15) is 26.2 Å². The van der Waals surface area contributed by atoms with E-state index in [2.05, 4.69) is 27.8 Å². The number of rotatable bonds is 10. The molecular weight excluding hydrogens is 415 g/mol. The van der Waals surface area contributed by atoms with Gasteiger partial charge in [0.15, 0.2) is 0 Å². The van der Waals surface area contributed by atoms with Crippen LogP contribution in [0.5, 0.6) is 0 Å². The van der Waals surface area contributed by atoms with Gasteiger partial charge in [0.2, 0.25) is 0 Å².